The van der Waals surface area contributed by atoms with Crippen molar-refractivity contribution in [3.8, 4) is 17.3 Å². The number of hydrogen-bond acceptors (Lipinski definition) is 4. The number of nitrogens with one attached hydrogen (secondary N) is 1. The Kier molecular flexibility index (Phi) is 3.94. The Labute approximate surface area is 154 Å². The molecule has 7 nitrogen and oxygen atoms in total. The van der Waals surface area contributed by atoms with Crippen LogP contribution in [0.2, 0.25) is 5.02 Å². The molecule has 3 aromatic rings. The Morgan fingerprint density at radius 2 is 2.35 bits per heavy atom. The minimum absolute atomic E-state index is 0.307. The van der Waals surface area contributed by atoms with Crippen LogP contribution < -0.4 is 0 Å². The number of aromatic nitrogens is 3. The molecule has 0 atom stereocenters. The van der Waals surface area contributed by atoms with Crippen molar-refractivity contribution >= 4 is 28.4 Å². The average Bonchev–Trinajstić information content (AvgIpc) is 3.23. The molecule has 0 spiro atoms. The van der Waals surface area contributed by atoms with Gasteiger partial charge in [-0.15, -0.1) is 0 Å². The summed E-state index contributed by atoms with van der Waals surface area (Å²) in [7, 11) is 1.83. The maximum absolute atomic E-state index is 11.9. The number of H-pyrrole nitrogens is 1. The summed E-state index contributed by atoms with van der Waals surface area (Å²) in [5.74, 6) is -0.307. The van der Waals surface area contributed by atoms with Gasteiger partial charge in [-0.1, -0.05) is 11.6 Å². The molecule has 0 unspecified atom stereocenters. The molecule has 1 amide bonds. The van der Waals surface area contributed by atoms with Gasteiger partial charge in [-0.3, -0.25) is 9.48 Å². The number of halogens is 1. The largest absolute Gasteiger partial charge is 0.387 e. The van der Waals surface area contributed by atoms with Crippen LogP contribution in [0.1, 0.15) is 16.8 Å². The highest BCUT2D eigenvalue weighted by Crippen LogP contribution is 2.39. The molecule has 2 N–H and O–H groups in total. The van der Waals surface area contributed by atoms with Crippen molar-refractivity contribution in [2.24, 2.45) is 7.05 Å². The van der Waals surface area contributed by atoms with Crippen LogP contribution in [-0.2, 0) is 24.8 Å². The van der Waals surface area contributed by atoms with E-state index in [9.17, 15) is 15.2 Å². The van der Waals surface area contributed by atoms with Gasteiger partial charge in [-0.2, -0.15) is 10.4 Å². The smallest absolute Gasteiger partial charge is 0.248 e. The van der Waals surface area contributed by atoms with Crippen LogP contribution in [0.15, 0.2) is 18.3 Å². The summed E-state index contributed by atoms with van der Waals surface area (Å²) < 4.78 is 1.70. The lowest BCUT2D eigenvalue weighted by Gasteiger charge is -2.26. The number of aliphatic hydroxyl groups is 1. The molecule has 8 heteroatoms. The van der Waals surface area contributed by atoms with E-state index in [4.69, 9.17) is 11.6 Å². The standard InChI is InChI=1S/C18H16ClN5O2/c1-23-4-2-15(22-23)10-6-13(19)11(7-20)18-17(10)12-8-24(16(26)9-25)5-3-14(12)21-18/h2,4,6,21,25H,3,5,8-9H2,1H3. The third-order valence-electron chi connectivity index (χ3n) is 4.79. The van der Waals surface area contributed by atoms with Crippen molar-refractivity contribution in [2.45, 2.75) is 13.0 Å². The van der Waals surface area contributed by atoms with E-state index in [-0.39, 0.29) is 5.91 Å². The molecule has 0 saturated carbocycles. The molecule has 132 valence electrons. The molecule has 0 saturated heterocycles. The first-order valence-corrected chi connectivity index (χ1v) is 8.56. The molecule has 4 rings (SSSR count). The second-order valence-electron chi connectivity index (χ2n) is 6.32. The molecular formula is C18H16ClN5O2. The van der Waals surface area contributed by atoms with Crippen LogP contribution in [-0.4, -0.2) is 43.8 Å². The monoisotopic (exact) mass is 369 g/mol. The molecule has 1 aliphatic rings. The summed E-state index contributed by atoms with van der Waals surface area (Å²) in [6, 6.07) is 5.81. The molecule has 1 aromatic carbocycles. The number of amides is 1. The van der Waals surface area contributed by atoms with Gasteiger partial charge in [0.25, 0.3) is 0 Å². The number of aromatic amines is 1. The normalized spacial score (nSPS) is 13.7. The quantitative estimate of drug-likeness (QED) is 0.721. The number of aliphatic hydroxyl groups excluding tert-OH is 1. The second-order valence-corrected chi connectivity index (χ2v) is 6.73. The fourth-order valence-corrected chi connectivity index (χ4v) is 3.80. The summed E-state index contributed by atoms with van der Waals surface area (Å²) in [6.07, 6.45) is 2.47. The Morgan fingerprint density at radius 3 is 3.00 bits per heavy atom. The number of benzene rings is 1. The van der Waals surface area contributed by atoms with Crippen molar-refractivity contribution in [1.82, 2.24) is 19.7 Å². The number of fused-ring (bicyclic) bond motifs is 3. The zero-order chi connectivity index (χ0) is 18.4. The molecule has 0 bridgehead atoms. The van der Waals surface area contributed by atoms with E-state index in [1.54, 1.807) is 15.6 Å². The first-order valence-electron chi connectivity index (χ1n) is 8.18. The SMILES string of the molecule is Cn1ccc(-c2cc(Cl)c(C#N)c3[nH]c4c(c23)CN(C(=O)CO)CC4)n1. The first-order chi connectivity index (χ1) is 12.5. The molecular weight excluding hydrogens is 354 g/mol. The van der Waals surface area contributed by atoms with Crippen LogP contribution in [0.5, 0.6) is 0 Å². The summed E-state index contributed by atoms with van der Waals surface area (Å²) in [5.41, 5.74) is 4.55. The van der Waals surface area contributed by atoms with E-state index >= 15 is 0 Å². The van der Waals surface area contributed by atoms with Crippen LogP contribution >= 0.6 is 11.6 Å². The lowest BCUT2D eigenvalue weighted by molar-refractivity contribution is -0.135. The highest BCUT2D eigenvalue weighted by molar-refractivity contribution is 6.33. The van der Waals surface area contributed by atoms with E-state index in [2.05, 4.69) is 16.2 Å². The van der Waals surface area contributed by atoms with Crippen LogP contribution in [0.4, 0.5) is 0 Å². The van der Waals surface area contributed by atoms with Gasteiger partial charge in [-0.05, 0) is 12.1 Å². The van der Waals surface area contributed by atoms with Gasteiger partial charge >= 0.3 is 0 Å². The van der Waals surface area contributed by atoms with Gasteiger partial charge in [0.05, 0.1) is 21.8 Å². The van der Waals surface area contributed by atoms with Crippen LogP contribution in [0, 0.1) is 11.3 Å². The fraction of sp³-hybridized carbons (Fsp3) is 0.278. The molecule has 26 heavy (non-hydrogen) atoms. The number of nitrogens with zero attached hydrogens (tertiary/aromatic N) is 4. The van der Waals surface area contributed by atoms with Crippen molar-refractivity contribution < 1.29 is 9.90 Å². The van der Waals surface area contributed by atoms with E-state index < -0.39 is 6.61 Å². The molecule has 3 heterocycles. The van der Waals surface area contributed by atoms with E-state index in [1.807, 2.05) is 19.3 Å². The molecule has 0 fully saturated rings. The number of carbonyl (C=O) groups excluding carboxylic acids is 1. The fourth-order valence-electron chi connectivity index (χ4n) is 3.55. The zero-order valence-electron chi connectivity index (χ0n) is 14.1. The summed E-state index contributed by atoms with van der Waals surface area (Å²) in [6.45, 7) is 0.384. The average molecular weight is 370 g/mol. The summed E-state index contributed by atoms with van der Waals surface area (Å²) in [4.78, 5) is 16.9. The molecule has 2 aromatic heterocycles. The lowest BCUT2D eigenvalue weighted by Crippen LogP contribution is -2.37. The van der Waals surface area contributed by atoms with Crippen molar-refractivity contribution in [3.05, 3.63) is 40.2 Å². The number of rotatable bonds is 2. The second kappa shape index (κ2) is 6.16. The summed E-state index contributed by atoms with van der Waals surface area (Å²) in [5, 5.41) is 24.4. The maximum atomic E-state index is 11.9. The Balaban J connectivity index is 2.00. The zero-order valence-corrected chi connectivity index (χ0v) is 14.8. The third-order valence-corrected chi connectivity index (χ3v) is 5.09. The van der Waals surface area contributed by atoms with Crippen molar-refractivity contribution in [1.29, 1.82) is 5.26 Å². The Bertz CT molecular complexity index is 1080. The minimum Gasteiger partial charge on any atom is -0.387 e. The van der Waals surface area contributed by atoms with Gasteiger partial charge in [0.2, 0.25) is 5.91 Å². The van der Waals surface area contributed by atoms with Gasteiger partial charge in [0.1, 0.15) is 12.7 Å². The highest BCUT2D eigenvalue weighted by Gasteiger charge is 2.27. The molecule has 1 aliphatic heterocycles. The highest BCUT2D eigenvalue weighted by atomic mass is 35.5. The molecule has 0 radical (unpaired) electrons. The predicted molar refractivity (Wildman–Crippen MR) is 96.4 cm³/mol. The van der Waals surface area contributed by atoms with E-state index in [0.29, 0.717) is 35.6 Å². The van der Waals surface area contributed by atoms with Gasteiger partial charge in [0.15, 0.2) is 0 Å². The van der Waals surface area contributed by atoms with Gasteiger partial charge in [0, 0.05) is 55.0 Å². The maximum Gasteiger partial charge on any atom is 0.248 e. The lowest BCUT2D eigenvalue weighted by atomic mass is 9.97. The van der Waals surface area contributed by atoms with Crippen molar-refractivity contribution in [2.75, 3.05) is 13.2 Å². The van der Waals surface area contributed by atoms with Crippen molar-refractivity contribution in [3.63, 3.8) is 0 Å². The third kappa shape index (κ3) is 2.46. The summed E-state index contributed by atoms with van der Waals surface area (Å²) >= 11 is 6.36. The molecule has 0 aliphatic carbocycles. The number of nitriles is 1. The van der Waals surface area contributed by atoms with Crippen LogP contribution in [0.25, 0.3) is 22.2 Å². The topological polar surface area (TPSA) is 97.9 Å². The van der Waals surface area contributed by atoms with Crippen LogP contribution in [0.3, 0.4) is 0 Å². The van der Waals surface area contributed by atoms with Gasteiger partial charge in [-0.25, -0.2) is 0 Å². The van der Waals surface area contributed by atoms with Gasteiger partial charge < -0.3 is 15.0 Å². The van der Waals surface area contributed by atoms with E-state index in [1.165, 1.54) is 0 Å². The minimum atomic E-state index is -0.514. The predicted octanol–water partition coefficient (Wildman–Crippen LogP) is 1.97. The number of hydrogen-bond donors (Lipinski definition) is 2. The Morgan fingerprint density at radius 1 is 1.54 bits per heavy atom. The number of carbonyl (C=O) groups is 1. The Hall–Kier alpha value is -2.82. The first kappa shape index (κ1) is 16.6. The van der Waals surface area contributed by atoms with E-state index in [0.717, 1.165) is 27.9 Å². The number of aryl methyl sites for hydroxylation is 1.